The second-order valence-electron chi connectivity index (χ2n) is 7.99. The predicted molar refractivity (Wildman–Crippen MR) is 121 cm³/mol. The molecule has 0 aromatic carbocycles. The number of rotatable bonds is 8. The van der Waals surface area contributed by atoms with Crippen LogP contribution in [0.2, 0.25) is 5.02 Å². The first kappa shape index (κ1) is 23.3. The van der Waals surface area contributed by atoms with Crippen molar-refractivity contribution in [2.75, 3.05) is 36.8 Å². The van der Waals surface area contributed by atoms with E-state index < -0.39 is 33.3 Å². The second-order valence-corrected chi connectivity index (χ2v) is 10.4. The first-order valence-corrected chi connectivity index (χ1v) is 12.5. The van der Waals surface area contributed by atoms with Crippen LogP contribution >= 0.6 is 11.6 Å². The minimum absolute atomic E-state index is 0.150. The Kier molecular flexibility index (Phi) is 6.77. The topological polar surface area (TPSA) is 137 Å². The zero-order chi connectivity index (χ0) is 23.5. The summed E-state index contributed by atoms with van der Waals surface area (Å²) >= 11 is 5.88. The molecule has 2 aliphatic heterocycles. The van der Waals surface area contributed by atoms with Gasteiger partial charge in [0.05, 0.1) is 10.8 Å². The number of nitrogens with zero attached hydrogens (tertiary/aromatic N) is 5. The number of urea groups is 1. The quantitative estimate of drug-likeness (QED) is 0.509. The summed E-state index contributed by atoms with van der Waals surface area (Å²) < 4.78 is 27.8. The highest BCUT2D eigenvalue weighted by atomic mass is 35.5. The molecule has 2 fully saturated rings. The molecule has 3 amide bonds. The molecule has 1 unspecified atom stereocenters. The summed E-state index contributed by atoms with van der Waals surface area (Å²) in [6, 6.07) is 4.53. The molecule has 0 aliphatic carbocycles. The fraction of sp³-hybridized carbons (Fsp3) is 0.450. The third-order valence-electron chi connectivity index (χ3n) is 5.73. The Bertz CT molecular complexity index is 1110. The average Bonchev–Trinajstić information content (AvgIpc) is 3.07. The maximum Gasteiger partial charge on any atom is 0.322 e. The van der Waals surface area contributed by atoms with Gasteiger partial charge in [0.1, 0.15) is 17.2 Å². The number of nitrogens with one attached hydrogen (secondary N) is 2. The number of hydrogen-bond donors (Lipinski definition) is 2. The molecular weight excluding hydrogens is 470 g/mol. The molecule has 4 rings (SSSR count). The van der Waals surface area contributed by atoms with Crippen molar-refractivity contribution in [1.82, 2.24) is 29.9 Å². The number of carbonyl (C=O) groups is 2. The predicted octanol–water partition coefficient (Wildman–Crippen LogP) is 0.578. The molecule has 0 saturated carbocycles. The lowest BCUT2D eigenvalue weighted by molar-refractivity contribution is -0.123. The molecule has 1 atom stereocenters. The van der Waals surface area contributed by atoms with Crippen LogP contribution in [0.1, 0.15) is 18.7 Å². The van der Waals surface area contributed by atoms with Crippen molar-refractivity contribution in [1.29, 1.82) is 0 Å². The van der Waals surface area contributed by atoms with E-state index >= 15 is 0 Å². The van der Waals surface area contributed by atoms with Crippen LogP contribution in [0.5, 0.6) is 0 Å². The van der Waals surface area contributed by atoms with Crippen molar-refractivity contribution in [3.63, 3.8) is 0 Å². The van der Waals surface area contributed by atoms with Crippen molar-refractivity contribution < 1.29 is 18.0 Å². The van der Waals surface area contributed by atoms with Crippen molar-refractivity contribution in [2.45, 2.75) is 24.8 Å². The van der Waals surface area contributed by atoms with E-state index in [0.29, 0.717) is 36.8 Å². The summed E-state index contributed by atoms with van der Waals surface area (Å²) in [5.74, 6) is 0.173. The number of amides is 3. The summed E-state index contributed by atoms with van der Waals surface area (Å²) in [5.41, 5.74) is -1.53. The Balaban J connectivity index is 1.41. The number of anilines is 1. The van der Waals surface area contributed by atoms with E-state index in [1.165, 1.54) is 4.31 Å². The van der Waals surface area contributed by atoms with Gasteiger partial charge in [0.25, 0.3) is 5.91 Å². The Hall–Kier alpha value is -2.83. The zero-order valence-corrected chi connectivity index (χ0v) is 19.3. The Morgan fingerprint density at radius 1 is 1.06 bits per heavy atom. The third-order valence-corrected chi connectivity index (χ3v) is 7.97. The molecule has 2 aliphatic rings. The molecule has 2 aromatic rings. The fourth-order valence-electron chi connectivity index (χ4n) is 4.04. The Morgan fingerprint density at radius 2 is 1.79 bits per heavy atom. The summed E-state index contributed by atoms with van der Waals surface area (Å²) in [6.07, 6.45) is 5.82. The van der Waals surface area contributed by atoms with E-state index in [9.17, 15) is 18.0 Å². The van der Waals surface area contributed by atoms with Gasteiger partial charge in [-0.3, -0.25) is 10.1 Å². The van der Waals surface area contributed by atoms with Crippen LogP contribution in [0.4, 0.5) is 10.6 Å². The van der Waals surface area contributed by atoms with Gasteiger partial charge >= 0.3 is 6.03 Å². The highest BCUT2D eigenvalue weighted by Gasteiger charge is 2.50. The van der Waals surface area contributed by atoms with E-state index in [2.05, 4.69) is 25.6 Å². The standard InChI is InChI=1S/C20H24ClN7O4S/c21-15-4-5-17(24-13-15)27-9-11-28(12-10-27)33(31,32)14-20(18(29)25-19(30)26-20)6-1-3-16-22-7-2-8-23-16/h2,4-5,7-8,13H,1,3,6,9-12,14H2,(H2,25,26,29,30). The van der Waals surface area contributed by atoms with Crippen LogP contribution in [-0.2, 0) is 21.2 Å². The lowest BCUT2D eigenvalue weighted by atomic mass is 9.95. The molecule has 2 saturated heterocycles. The number of carbonyl (C=O) groups excluding carboxylic acids is 2. The number of halogens is 1. The van der Waals surface area contributed by atoms with Gasteiger partial charge < -0.3 is 10.2 Å². The van der Waals surface area contributed by atoms with Crippen LogP contribution in [0.25, 0.3) is 0 Å². The van der Waals surface area contributed by atoms with E-state index in [4.69, 9.17) is 11.6 Å². The molecular formula is C20H24ClN7O4S. The normalized spacial score (nSPS) is 21.7. The van der Waals surface area contributed by atoms with E-state index in [-0.39, 0.29) is 19.5 Å². The molecule has 13 heteroatoms. The van der Waals surface area contributed by atoms with Gasteiger partial charge in [0, 0.05) is 51.2 Å². The SMILES string of the molecule is O=C1NC(=O)C(CCCc2ncccn2)(CS(=O)(=O)N2CCN(c3ccc(Cl)cn3)CC2)N1. The largest absolute Gasteiger partial charge is 0.354 e. The third kappa shape index (κ3) is 5.40. The number of aryl methyl sites for hydroxylation is 1. The first-order chi connectivity index (χ1) is 15.8. The Labute approximate surface area is 196 Å². The number of pyridine rings is 1. The number of hydrogen-bond acceptors (Lipinski definition) is 8. The van der Waals surface area contributed by atoms with Gasteiger partial charge in [0.15, 0.2) is 0 Å². The van der Waals surface area contributed by atoms with E-state index in [1.54, 1.807) is 36.8 Å². The van der Waals surface area contributed by atoms with Gasteiger partial charge in [0.2, 0.25) is 10.0 Å². The van der Waals surface area contributed by atoms with Crippen molar-refractivity contribution in [3.8, 4) is 0 Å². The molecule has 176 valence electrons. The van der Waals surface area contributed by atoms with Crippen LogP contribution in [-0.4, -0.2) is 77.1 Å². The van der Waals surface area contributed by atoms with Gasteiger partial charge in [-0.25, -0.2) is 28.2 Å². The average molecular weight is 494 g/mol. The monoisotopic (exact) mass is 493 g/mol. The van der Waals surface area contributed by atoms with Crippen LogP contribution in [0, 0.1) is 0 Å². The number of aromatic nitrogens is 3. The molecule has 0 spiro atoms. The second kappa shape index (κ2) is 9.57. The zero-order valence-electron chi connectivity index (χ0n) is 17.8. The Morgan fingerprint density at radius 3 is 2.39 bits per heavy atom. The van der Waals surface area contributed by atoms with Crippen molar-refractivity contribution >= 4 is 39.4 Å². The summed E-state index contributed by atoms with van der Waals surface area (Å²) in [7, 11) is -3.83. The highest BCUT2D eigenvalue weighted by Crippen LogP contribution is 2.24. The molecule has 11 nitrogen and oxygen atoms in total. The highest BCUT2D eigenvalue weighted by molar-refractivity contribution is 7.89. The molecule has 0 bridgehead atoms. The maximum absolute atomic E-state index is 13.2. The minimum Gasteiger partial charge on any atom is -0.354 e. The van der Waals surface area contributed by atoms with Crippen LogP contribution in [0.15, 0.2) is 36.8 Å². The van der Waals surface area contributed by atoms with E-state index in [1.807, 2.05) is 4.90 Å². The van der Waals surface area contributed by atoms with Crippen molar-refractivity contribution in [2.24, 2.45) is 0 Å². The molecule has 2 aromatic heterocycles. The van der Waals surface area contributed by atoms with E-state index in [0.717, 1.165) is 5.82 Å². The summed E-state index contributed by atoms with van der Waals surface area (Å²) in [4.78, 5) is 39.1. The lowest BCUT2D eigenvalue weighted by Crippen LogP contribution is -2.57. The fourth-order valence-corrected chi connectivity index (χ4v) is 6.02. The van der Waals surface area contributed by atoms with Gasteiger partial charge in [-0.1, -0.05) is 11.6 Å². The maximum atomic E-state index is 13.2. The van der Waals surface area contributed by atoms with Crippen LogP contribution < -0.4 is 15.5 Å². The van der Waals surface area contributed by atoms with Gasteiger partial charge in [-0.2, -0.15) is 4.31 Å². The number of sulfonamides is 1. The molecule has 2 N–H and O–H groups in total. The van der Waals surface area contributed by atoms with Crippen LogP contribution in [0.3, 0.4) is 0 Å². The first-order valence-electron chi connectivity index (χ1n) is 10.5. The number of imide groups is 1. The van der Waals surface area contributed by atoms with Crippen molar-refractivity contribution in [3.05, 3.63) is 47.6 Å². The summed E-state index contributed by atoms with van der Waals surface area (Å²) in [5, 5.41) is 5.27. The molecule has 0 radical (unpaired) electrons. The smallest absolute Gasteiger partial charge is 0.322 e. The van der Waals surface area contributed by atoms with Gasteiger partial charge in [-0.05, 0) is 31.0 Å². The lowest BCUT2D eigenvalue weighted by Gasteiger charge is -2.36. The minimum atomic E-state index is -3.83. The molecule has 33 heavy (non-hydrogen) atoms. The summed E-state index contributed by atoms with van der Waals surface area (Å²) in [6.45, 7) is 1.39. The number of piperazine rings is 1. The van der Waals surface area contributed by atoms with Gasteiger partial charge in [-0.15, -0.1) is 0 Å². The molecule has 4 heterocycles.